The highest BCUT2D eigenvalue weighted by atomic mass is 35.5. The van der Waals surface area contributed by atoms with Crippen LogP contribution in [0, 0.1) is 0 Å². The van der Waals surface area contributed by atoms with Crippen LogP contribution in [-0.4, -0.2) is 20.0 Å². The van der Waals surface area contributed by atoms with Gasteiger partial charge in [-0.2, -0.15) is 5.10 Å². The highest BCUT2D eigenvalue weighted by Gasteiger charge is 2.09. The molecule has 0 fully saturated rings. The van der Waals surface area contributed by atoms with Gasteiger partial charge in [-0.25, -0.2) is 4.68 Å². The highest BCUT2D eigenvalue weighted by Crippen LogP contribution is 2.24. The van der Waals surface area contributed by atoms with Crippen LogP contribution in [0.3, 0.4) is 0 Å². The lowest BCUT2D eigenvalue weighted by atomic mass is 10.3. The van der Waals surface area contributed by atoms with Crippen LogP contribution in [0.25, 0.3) is 5.69 Å². The van der Waals surface area contributed by atoms with Crippen molar-refractivity contribution in [3.8, 4) is 5.69 Å². The number of aliphatic hydroxyl groups excluding tert-OH is 2. The molecule has 1 heterocycles. The van der Waals surface area contributed by atoms with E-state index in [-0.39, 0.29) is 13.2 Å². The molecule has 0 aliphatic rings. The highest BCUT2D eigenvalue weighted by molar-refractivity contribution is 6.42. The summed E-state index contributed by atoms with van der Waals surface area (Å²) in [5, 5.41) is 23.2. The predicted molar refractivity (Wildman–Crippen MR) is 65.4 cm³/mol. The van der Waals surface area contributed by atoms with E-state index in [1.165, 1.54) is 0 Å². The summed E-state index contributed by atoms with van der Waals surface area (Å²) in [6.45, 7) is -0.387. The monoisotopic (exact) mass is 272 g/mol. The fourth-order valence-electron chi connectivity index (χ4n) is 1.47. The molecule has 90 valence electrons. The van der Waals surface area contributed by atoms with Gasteiger partial charge in [0.2, 0.25) is 0 Å². The van der Waals surface area contributed by atoms with Crippen LogP contribution in [-0.2, 0) is 13.2 Å². The van der Waals surface area contributed by atoms with E-state index in [0.717, 1.165) is 0 Å². The summed E-state index contributed by atoms with van der Waals surface area (Å²) in [5.41, 5.74) is 1.74. The summed E-state index contributed by atoms with van der Waals surface area (Å²) in [7, 11) is 0. The van der Waals surface area contributed by atoms with Crippen LogP contribution < -0.4 is 0 Å². The molecule has 4 nitrogen and oxygen atoms in total. The first-order valence-electron chi connectivity index (χ1n) is 4.90. The van der Waals surface area contributed by atoms with Crippen LogP contribution in [0.4, 0.5) is 0 Å². The van der Waals surface area contributed by atoms with E-state index < -0.39 is 0 Å². The molecule has 0 saturated carbocycles. The molecular formula is C11H10Cl2N2O2. The molecule has 1 aromatic heterocycles. The molecule has 0 spiro atoms. The number of rotatable bonds is 3. The average Bonchev–Trinajstić information content (AvgIpc) is 2.75. The zero-order valence-electron chi connectivity index (χ0n) is 8.77. The standard InChI is InChI=1S/C11H10Cl2N2O2/c12-9-2-1-8(3-10(9)13)15-4-7(5-16)11(6-17)14-15/h1-4,16-17H,5-6H2. The molecule has 6 heteroatoms. The Balaban J connectivity index is 2.45. The van der Waals surface area contributed by atoms with Crippen LogP contribution in [0.5, 0.6) is 0 Å². The van der Waals surface area contributed by atoms with Gasteiger partial charge in [-0.1, -0.05) is 23.2 Å². The molecule has 0 unspecified atom stereocenters. The van der Waals surface area contributed by atoms with E-state index in [9.17, 15) is 0 Å². The molecule has 2 N–H and O–H groups in total. The second-order valence-corrected chi connectivity index (χ2v) is 4.27. The molecule has 17 heavy (non-hydrogen) atoms. The second-order valence-electron chi connectivity index (χ2n) is 3.46. The molecule has 1 aromatic carbocycles. The number of nitrogens with zero attached hydrogens (tertiary/aromatic N) is 2. The number of hydrogen-bond donors (Lipinski definition) is 2. The fourth-order valence-corrected chi connectivity index (χ4v) is 1.76. The van der Waals surface area contributed by atoms with Crippen LogP contribution in [0.15, 0.2) is 24.4 Å². The van der Waals surface area contributed by atoms with Crippen LogP contribution in [0.1, 0.15) is 11.3 Å². The minimum absolute atomic E-state index is 0.169. The average molecular weight is 273 g/mol. The molecule has 0 aliphatic carbocycles. The van der Waals surface area contributed by atoms with E-state index in [0.29, 0.717) is 27.0 Å². The molecule has 0 amide bonds. The van der Waals surface area contributed by atoms with E-state index in [1.807, 2.05) is 0 Å². The maximum absolute atomic E-state index is 9.10. The van der Waals surface area contributed by atoms with Gasteiger partial charge in [-0.3, -0.25) is 0 Å². The summed E-state index contributed by atoms with van der Waals surface area (Å²) in [4.78, 5) is 0. The van der Waals surface area contributed by atoms with Crippen molar-refractivity contribution in [2.45, 2.75) is 13.2 Å². The topological polar surface area (TPSA) is 58.3 Å². The molecule has 2 aromatic rings. The minimum Gasteiger partial charge on any atom is -0.392 e. The van der Waals surface area contributed by atoms with Crippen molar-refractivity contribution in [3.63, 3.8) is 0 Å². The van der Waals surface area contributed by atoms with Gasteiger partial charge in [0.1, 0.15) is 0 Å². The number of benzene rings is 1. The Bertz CT molecular complexity index is 519. The van der Waals surface area contributed by atoms with Crippen molar-refractivity contribution < 1.29 is 10.2 Å². The van der Waals surface area contributed by atoms with Gasteiger partial charge in [-0.15, -0.1) is 0 Å². The second kappa shape index (κ2) is 5.06. The summed E-state index contributed by atoms with van der Waals surface area (Å²) in [6, 6.07) is 5.08. The molecule has 0 radical (unpaired) electrons. The van der Waals surface area contributed by atoms with E-state index >= 15 is 0 Å². The molecule has 0 atom stereocenters. The van der Waals surface area contributed by atoms with Crippen LogP contribution in [0.2, 0.25) is 10.0 Å². The van der Waals surface area contributed by atoms with Crippen molar-refractivity contribution >= 4 is 23.2 Å². The Morgan fingerprint density at radius 3 is 2.41 bits per heavy atom. The van der Waals surface area contributed by atoms with Gasteiger partial charge >= 0.3 is 0 Å². The van der Waals surface area contributed by atoms with Gasteiger partial charge < -0.3 is 10.2 Å². The molecule has 0 saturated heterocycles. The third-order valence-electron chi connectivity index (χ3n) is 2.37. The third-order valence-corrected chi connectivity index (χ3v) is 3.10. The number of aliphatic hydroxyl groups is 2. The van der Waals surface area contributed by atoms with Gasteiger partial charge in [0.25, 0.3) is 0 Å². The Labute approximate surface area is 108 Å². The lowest BCUT2D eigenvalue weighted by Gasteiger charge is -2.02. The van der Waals surface area contributed by atoms with Crippen molar-refractivity contribution in [3.05, 3.63) is 45.7 Å². The Kier molecular flexibility index (Phi) is 3.69. The number of hydrogen-bond acceptors (Lipinski definition) is 3. The maximum Gasteiger partial charge on any atom is 0.0938 e. The largest absolute Gasteiger partial charge is 0.392 e. The molecular weight excluding hydrogens is 263 g/mol. The lowest BCUT2D eigenvalue weighted by Crippen LogP contribution is -1.96. The number of aromatic nitrogens is 2. The van der Waals surface area contributed by atoms with Gasteiger partial charge in [0.15, 0.2) is 0 Å². The lowest BCUT2D eigenvalue weighted by molar-refractivity contribution is 0.257. The molecule has 0 aliphatic heterocycles. The summed E-state index contributed by atoms with van der Waals surface area (Å²) in [5.74, 6) is 0. The maximum atomic E-state index is 9.10. The zero-order chi connectivity index (χ0) is 12.4. The zero-order valence-corrected chi connectivity index (χ0v) is 10.3. The van der Waals surface area contributed by atoms with Crippen molar-refractivity contribution in [2.24, 2.45) is 0 Å². The van der Waals surface area contributed by atoms with Crippen molar-refractivity contribution in [1.29, 1.82) is 0 Å². The third kappa shape index (κ3) is 2.45. The SMILES string of the molecule is OCc1cn(-c2ccc(Cl)c(Cl)c2)nc1CO. The van der Waals surface area contributed by atoms with E-state index in [4.69, 9.17) is 33.4 Å². The van der Waals surface area contributed by atoms with Crippen LogP contribution >= 0.6 is 23.2 Å². The summed E-state index contributed by atoms with van der Waals surface area (Å²) >= 11 is 11.7. The Morgan fingerprint density at radius 2 is 1.88 bits per heavy atom. The number of halogens is 2. The first kappa shape index (κ1) is 12.4. The minimum atomic E-state index is -0.218. The Morgan fingerprint density at radius 1 is 1.12 bits per heavy atom. The normalized spacial score (nSPS) is 10.8. The quantitative estimate of drug-likeness (QED) is 0.901. The van der Waals surface area contributed by atoms with Gasteiger partial charge in [0.05, 0.1) is 34.6 Å². The predicted octanol–water partition coefficient (Wildman–Crippen LogP) is 2.16. The van der Waals surface area contributed by atoms with E-state index in [2.05, 4.69) is 5.10 Å². The summed E-state index contributed by atoms with van der Waals surface area (Å²) < 4.78 is 1.54. The fraction of sp³-hybridized carbons (Fsp3) is 0.182. The molecule has 0 bridgehead atoms. The first-order valence-corrected chi connectivity index (χ1v) is 5.66. The Hall–Kier alpha value is -1.07. The van der Waals surface area contributed by atoms with Gasteiger partial charge in [0, 0.05) is 11.8 Å². The van der Waals surface area contributed by atoms with Gasteiger partial charge in [-0.05, 0) is 18.2 Å². The molecule has 2 rings (SSSR count). The first-order chi connectivity index (χ1) is 8.15. The van der Waals surface area contributed by atoms with Crippen molar-refractivity contribution in [2.75, 3.05) is 0 Å². The summed E-state index contributed by atoms with van der Waals surface area (Å²) in [6.07, 6.45) is 1.64. The van der Waals surface area contributed by atoms with Crippen molar-refractivity contribution in [1.82, 2.24) is 9.78 Å². The smallest absolute Gasteiger partial charge is 0.0938 e. The van der Waals surface area contributed by atoms with E-state index in [1.54, 1.807) is 29.1 Å².